The molecule has 2 heteroatoms. The molecule has 1 N–H and O–H groups in total. The van der Waals surface area contributed by atoms with E-state index < -0.39 is 0 Å². The van der Waals surface area contributed by atoms with E-state index in [0.717, 1.165) is 6.42 Å². The summed E-state index contributed by atoms with van der Waals surface area (Å²) in [6.45, 7) is 4.47. The summed E-state index contributed by atoms with van der Waals surface area (Å²) in [7, 11) is 4.25. The molecule has 0 saturated heterocycles. The Morgan fingerprint density at radius 3 is 2.00 bits per heavy atom. The quantitative estimate of drug-likeness (QED) is 0.754. The summed E-state index contributed by atoms with van der Waals surface area (Å²) in [5.74, 6) is 0.687. The van der Waals surface area contributed by atoms with Gasteiger partial charge in [0, 0.05) is 5.54 Å². The van der Waals surface area contributed by atoms with Crippen molar-refractivity contribution in [3.05, 3.63) is 0 Å². The van der Waals surface area contributed by atoms with Crippen molar-refractivity contribution in [2.45, 2.75) is 70.4 Å². The summed E-state index contributed by atoms with van der Waals surface area (Å²) in [6.07, 6.45) is 8.10. The van der Waals surface area contributed by atoms with Crippen LogP contribution in [-0.4, -0.2) is 35.7 Å². The second-order valence-corrected chi connectivity index (χ2v) is 5.64. The van der Waals surface area contributed by atoms with Gasteiger partial charge in [-0.3, -0.25) is 0 Å². The van der Waals surface area contributed by atoms with E-state index in [4.69, 9.17) is 0 Å². The second kappa shape index (κ2) is 6.02. The third-order valence-electron chi connectivity index (χ3n) is 4.69. The van der Waals surface area contributed by atoms with Gasteiger partial charge in [0.25, 0.3) is 0 Å². The summed E-state index contributed by atoms with van der Waals surface area (Å²) >= 11 is 0. The fourth-order valence-corrected chi connectivity index (χ4v) is 3.22. The summed E-state index contributed by atoms with van der Waals surface area (Å²) in [4.78, 5) is 2.27. The molecule has 96 valence electrons. The first kappa shape index (κ1) is 14.0. The number of hydrogen-bond acceptors (Lipinski definition) is 2. The largest absolute Gasteiger partial charge is 0.391 e. The van der Waals surface area contributed by atoms with E-state index in [9.17, 15) is 5.11 Å². The molecule has 0 radical (unpaired) electrons. The smallest absolute Gasteiger partial charge is 0.0726 e. The molecule has 1 unspecified atom stereocenters. The van der Waals surface area contributed by atoms with E-state index in [1.54, 1.807) is 0 Å². The van der Waals surface area contributed by atoms with Crippen molar-refractivity contribution in [1.82, 2.24) is 4.90 Å². The number of aliphatic hydroxyl groups excluding tert-OH is 1. The first-order valence-corrected chi connectivity index (χ1v) is 6.92. The van der Waals surface area contributed by atoms with Gasteiger partial charge in [-0.25, -0.2) is 0 Å². The van der Waals surface area contributed by atoms with Gasteiger partial charge in [-0.15, -0.1) is 0 Å². The minimum atomic E-state index is -0.144. The molecular formula is C14H29NO. The molecule has 1 aliphatic rings. The highest BCUT2D eigenvalue weighted by molar-refractivity contribution is 4.98. The van der Waals surface area contributed by atoms with Gasteiger partial charge in [-0.1, -0.05) is 39.5 Å². The van der Waals surface area contributed by atoms with Gasteiger partial charge < -0.3 is 10.0 Å². The molecule has 0 amide bonds. The molecule has 1 rings (SSSR count). The number of rotatable bonds is 6. The molecular weight excluding hydrogens is 198 g/mol. The number of likely N-dealkylation sites (N-methyl/N-ethyl adjacent to an activating group) is 1. The molecule has 0 aliphatic heterocycles. The Kier molecular flexibility index (Phi) is 5.26. The highest BCUT2D eigenvalue weighted by Gasteiger charge is 2.42. The van der Waals surface area contributed by atoms with E-state index >= 15 is 0 Å². The zero-order valence-corrected chi connectivity index (χ0v) is 11.5. The van der Waals surface area contributed by atoms with Crippen LogP contribution >= 0.6 is 0 Å². The molecule has 0 aromatic heterocycles. The topological polar surface area (TPSA) is 23.5 Å². The molecule has 16 heavy (non-hydrogen) atoms. The van der Waals surface area contributed by atoms with Crippen molar-refractivity contribution in [1.29, 1.82) is 0 Å². The van der Waals surface area contributed by atoms with Crippen LogP contribution in [0.5, 0.6) is 0 Å². The second-order valence-electron chi connectivity index (χ2n) is 5.64. The molecule has 0 heterocycles. The monoisotopic (exact) mass is 227 g/mol. The molecule has 0 spiro atoms. The molecule has 0 aromatic carbocycles. The minimum Gasteiger partial charge on any atom is -0.391 e. The van der Waals surface area contributed by atoms with Crippen LogP contribution in [0.2, 0.25) is 0 Å². The minimum absolute atomic E-state index is 0.0720. The molecule has 1 saturated carbocycles. The van der Waals surface area contributed by atoms with Crippen LogP contribution < -0.4 is 0 Å². The van der Waals surface area contributed by atoms with Gasteiger partial charge in [-0.2, -0.15) is 0 Å². The molecule has 0 aromatic rings. The third kappa shape index (κ3) is 2.78. The zero-order chi connectivity index (χ0) is 12.2. The normalized spacial score (nSPS) is 21.9. The van der Waals surface area contributed by atoms with E-state index in [0.29, 0.717) is 5.92 Å². The van der Waals surface area contributed by atoms with Gasteiger partial charge >= 0.3 is 0 Å². The standard InChI is InChI=1S/C14H29NO/c1-5-12(6-2)11-13(16)14(15(3)4)9-7-8-10-14/h12-13,16H,5-11H2,1-4H3. The average molecular weight is 227 g/mol. The SMILES string of the molecule is CCC(CC)CC(O)C1(N(C)C)CCCC1. The fraction of sp³-hybridized carbons (Fsp3) is 1.00. The Hall–Kier alpha value is -0.0800. The lowest BCUT2D eigenvalue weighted by atomic mass is 9.82. The van der Waals surface area contributed by atoms with Gasteiger partial charge in [0.05, 0.1) is 6.10 Å². The summed E-state index contributed by atoms with van der Waals surface area (Å²) < 4.78 is 0. The summed E-state index contributed by atoms with van der Waals surface area (Å²) in [5, 5.41) is 10.6. The molecule has 2 nitrogen and oxygen atoms in total. The maximum atomic E-state index is 10.6. The Morgan fingerprint density at radius 1 is 1.12 bits per heavy atom. The van der Waals surface area contributed by atoms with Gasteiger partial charge in [0.2, 0.25) is 0 Å². The maximum absolute atomic E-state index is 10.6. The van der Waals surface area contributed by atoms with E-state index in [1.807, 2.05) is 0 Å². The van der Waals surface area contributed by atoms with Crippen molar-refractivity contribution in [2.24, 2.45) is 5.92 Å². The van der Waals surface area contributed by atoms with Gasteiger partial charge in [-0.05, 0) is 39.3 Å². The Morgan fingerprint density at radius 2 is 1.62 bits per heavy atom. The zero-order valence-electron chi connectivity index (χ0n) is 11.5. The predicted molar refractivity (Wildman–Crippen MR) is 69.6 cm³/mol. The first-order valence-electron chi connectivity index (χ1n) is 6.92. The van der Waals surface area contributed by atoms with Crippen LogP contribution in [0.4, 0.5) is 0 Å². The Labute approximate surface area is 101 Å². The van der Waals surface area contributed by atoms with Crippen LogP contribution in [0.25, 0.3) is 0 Å². The number of nitrogens with zero attached hydrogens (tertiary/aromatic N) is 1. The van der Waals surface area contributed by atoms with Crippen molar-refractivity contribution in [3.8, 4) is 0 Å². The van der Waals surface area contributed by atoms with Crippen molar-refractivity contribution < 1.29 is 5.11 Å². The molecule has 1 fully saturated rings. The maximum Gasteiger partial charge on any atom is 0.0726 e. The average Bonchev–Trinajstić information content (AvgIpc) is 2.75. The van der Waals surface area contributed by atoms with E-state index in [-0.39, 0.29) is 11.6 Å². The molecule has 1 atom stereocenters. The van der Waals surface area contributed by atoms with Crippen molar-refractivity contribution in [2.75, 3.05) is 14.1 Å². The highest BCUT2D eigenvalue weighted by Crippen LogP contribution is 2.39. The van der Waals surface area contributed by atoms with Crippen molar-refractivity contribution >= 4 is 0 Å². The van der Waals surface area contributed by atoms with Crippen LogP contribution in [0.15, 0.2) is 0 Å². The molecule has 1 aliphatic carbocycles. The van der Waals surface area contributed by atoms with Crippen LogP contribution in [-0.2, 0) is 0 Å². The van der Waals surface area contributed by atoms with Crippen molar-refractivity contribution in [3.63, 3.8) is 0 Å². The molecule has 0 bridgehead atoms. The van der Waals surface area contributed by atoms with E-state index in [2.05, 4.69) is 32.8 Å². The predicted octanol–water partition coefficient (Wildman–Crippen LogP) is 3.05. The lowest BCUT2D eigenvalue weighted by Crippen LogP contribution is -2.52. The van der Waals surface area contributed by atoms with Gasteiger partial charge in [0.15, 0.2) is 0 Å². The third-order valence-corrected chi connectivity index (χ3v) is 4.69. The van der Waals surface area contributed by atoms with Crippen LogP contribution in [0, 0.1) is 5.92 Å². The Balaban J connectivity index is 2.64. The Bertz CT molecular complexity index is 193. The lowest BCUT2D eigenvalue weighted by Gasteiger charge is -2.41. The summed E-state index contributed by atoms with van der Waals surface area (Å²) in [6, 6.07) is 0. The fourth-order valence-electron chi connectivity index (χ4n) is 3.22. The highest BCUT2D eigenvalue weighted by atomic mass is 16.3. The van der Waals surface area contributed by atoms with Crippen LogP contribution in [0.3, 0.4) is 0 Å². The summed E-state index contributed by atoms with van der Waals surface area (Å²) in [5.41, 5.74) is 0.0720. The van der Waals surface area contributed by atoms with Crippen LogP contribution in [0.1, 0.15) is 58.8 Å². The number of hydrogen-bond donors (Lipinski definition) is 1. The first-order chi connectivity index (χ1) is 7.56. The van der Waals surface area contributed by atoms with Gasteiger partial charge in [0.1, 0.15) is 0 Å². The lowest BCUT2D eigenvalue weighted by molar-refractivity contribution is -0.0175. The van der Waals surface area contributed by atoms with E-state index in [1.165, 1.54) is 38.5 Å². The number of aliphatic hydroxyl groups is 1.